The topological polar surface area (TPSA) is 75.0 Å². The van der Waals surface area contributed by atoms with Crippen molar-refractivity contribution < 1.29 is 19.0 Å². The van der Waals surface area contributed by atoms with Crippen molar-refractivity contribution in [2.45, 2.75) is 44.3 Å². The predicted octanol–water partition coefficient (Wildman–Crippen LogP) is 2.47. The van der Waals surface area contributed by atoms with Crippen molar-refractivity contribution in [1.29, 1.82) is 0 Å². The minimum Gasteiger partial charge on any atom is -0.487 e. The second kappa shape index (κ2) is 6.45. The molecule has 5 rings (SSSR count). The van der Waals surface area contributed by atoms with Crippen LogP contribution in [0.25, 0.3) is 10.9 Å². The Hall–Kier alpha value is -2.61. The predicted molar refractivity (Wildman–Crippen MR) is 107 cm³/mol. The van der Waals surface area contributed by atoms with Gasteiger partial charge in [-0.05, 0) is 39.3 Å². The molecule has 7 nitrogen and oxygen atoms in total. The maximum atomic E-state index is 15.3. The highest BCUT2D eigenvalue weighted by Gasteiger charge is 2.37. The van der Waals surface area contributed by atoms with Gasteiger partial charge in [0.25, 0.3) is 0 Å². The number of carboxylic acid groups (broad SMARTS) is 1. The van der Waals surface area contributed by atoms with E-state index >= 15 is 4.39 Å². The summed E-state index contributed by atoms with van der Waals surface area (Å²) < 4.78 is 22.9. The molecule has 1 aromatic heterocycles. The van der Waals surface area contributed by atoms with Crippen LogP contribution in [0.5, 0.6) is 5.75 Å². The molecular formula is C21H24FN3O4. The molecule has 0 amide bonds. The first-order chi connectivity index (χ1) is 13.9. The molecule has 0 bridgehead atoms. The Morgan fingerprint density at radius 2 is 2.07 bits per heavy atom. The number of pyridine rings is 1. The van der Waals surface area contributed by atoms with Crippen LogP contribution in [-0.4, -0.2) is 59.4 Å². The van der Waals surface area contributed by atoms with Gasteiger partial charge in [0.1, 0.15) is 17.9 Å². The summed E-state index contributed by atoms with van der Waals surface area (Å²) in [4.78, 5) is 28.6. The van der Waals surface area contributed by atoms with Gasteiger partial charge in [0.2, 0.25) is 5.43 Å². The molecule has 29 heavy (non-hydrogen) atoms. The fraction of sp³-hybridized carbons (Fsp3) is 0.524. The molecule has 2 atom stereocenters. The number of nitrogens with zero attached hydrogens (tertiary/aromatic N) is 3. The lowest BCUT2D eigenvalue weighted by Crippen LogP contribution is -2.36. The molecule has 0 spiro atoms. The normalized spacial score (nSPS) is 23.7. The van der Waals surface area contributed by atoms with E-state index in [4.69, 9.17) is 4.74 Å². The number of hydrogen-bond acceptors (Lipinski definition) is 5. The summed E-state index contributed by atoms with van der Waals surface area (Å²) in [6.07, 6.45) is 4.76. The van der Waals surface area contributed by atoms with Crippen LogP contribution in [0.1, 0.15) is 42.6 Å². The summed E-state index contributed by atoms with van der Waals surface area (Å²) in [7, 11) is 2.13. The van der Waals surface area contributed by atoms with Crippen LogP contribution in [0.2, 0.25) is 0 Å². The van der Waals surface area contributed by atoms with E-state index in [1.807, 2.05) is 11.8 Å². The third-order valence-corrected chi connectivity index (χ3v) is 6.55. The molecule has 3 aliphatic rings. The van der Waals surface area contributed by atoms with Crippen molar-refractivity contribution in [3.63, 3.8) is 0 Å². The summed E-state index contributed by atoms with van der Waals surface area (Å²) in [6, 6.07) is 2.02. The Morgan fingerprint density at radius 3 is 2.76 bits per heavy atom. The maximum absolute atomic E-state index is 15.3. The zero-order valence-corrected chi connectivity index (χ0v) is 16.5. The molecule has 2 aromatic rings. The zero-order valence-electron chi connectivity index (χ0n) is 16.5. The molecule has 0 radical (unpaired) electrons. The third kappa shape index (κ3) is 2.80. The van der Waals surface area contributed by atoms with Crippen molar-refractivity contribution in [3.8, 4) is 5.75 Å². The van der Waals surface area contributed by atoms with Crippen LogP contribution in [0.15, 0.2) is 17.1 Å². The first kappa shape index (κ1) is 18.4. The quantitative estimate of drug-likeness (QED) is 0.848. The van der Waals surface area contributed by atoms with Gasteiger partial charge in [-0.25, -0.2) is 9.18 Å². The Bertz CT molecular complexity index is 1080. The average molecular weight is 401 g/mol. The number of benzene rings is 1. The Labute approximate surface area is 167 Å². The molecule has 1 saturated heterocycles. The molecule has 1 aromatic carbocycles. The van der Waals surface area contributed by atoms with Gasteiger partial charge in [0.05, 0.1) is 16.9 Å². The van der Waals surface area contributed by atoms with E-state index in [-0.39, 0.29) is 17.0 Å². The van der Waals surface area contributed by atoms with E-state index in [9.17, 15) is 14.7 Å². The summed E-state index contributed by atoms with van der Waals surface area (Å²) in [5.74, 6) is -1.50. The van der Waals surface area contributed by atoms with E-state index in [0.29, 0.717) is 48.7 Å². The molecule has 2 fully saturated rings. The monoisotopic (exact) mass is 401 g/mol. The summed E-state index contributed by atoms with van der Waals surface area (Å²) >= 11 is 0. The highest BCUT2D eigenvalue weighted by molar-refractivity contribution is 5.97. The number of ether oxygens (including phenoxy) is 1. The van der Waals surface area contributed by atoms with Crippen LogP contribution in [-0.2, 0) is 0 Å². The van der Waals surface area contributed by atoms with Gasteiger partial charge in [-0.15, -0.1) is 0 Å². The van der Waals surface area contributed by atoms with E-state index < -0.39 is 17.2 Å². The number of hydrogen-bond donors (Lipinski definition) is 1. The SMILES string of the molecule is C[C@H]1COc2c(N3CC[C@H](N(C)C4CC4)C3)c(F)cc3c(=O)c(C(=O)O)cn1c23. The fourth-order valence-corrected chi connectivity index (χ4v) is 4.72. The highest BCUT2D eigenvalue weighted by atomic mass is 19.1. The molecular weight excluding hydrogens is 377 g/mol. The summed E-state index contributed by atoms with van der Waals surface area (Å²) in [5, 5.41) is 9.45. The Balaban J connectivity index is 1.65. The van der Waals surface area contributed by atoms with Gasteiger partial charge >= 0.3 is 5.97 Å². The van der Waals surface area contributed by atoms with E-state index in [1.165, 1.54) is 25.1 Å². The van der Waals surface area contributed by atoms with Crippen molar-refractivity contribution >= 4 is 22.6 Å². The van der Waals surface area contributed by atoms with E-state index in [0.717, 1.165) is 6.42 Å². The number of rotatable bonds is 4. The van der Waals surface area contributed by atoms with Crippen LogP contribution < -0.4 is 15.1 Å². The molecule has 1 aliphatic carbocycles. The first-order valence-corrected chi connectivity index (χ1v) is 10.1. The van der Waals surface area contributed by atoms with Gasteiger partial charge in [-0.1, -0.05) is 0 Å². The molecule has 3 heterocycles. The lowest BCUT2D eigenvalue weighted by Gasteiger charge is -2.31. The number of carbonyl (C=O) groups is 1. The zero-order chi connectivity index (χ0) is 20.4. The maximum Gasteiger partial charge on any atom is 0.341 e. The summed E-state index contributed by atoms with van der Waals surface area (Å²) in [5.41, 5.74) is -0.168. The molecule has 8 heteroatoms. The van der Waals surface area contributed by atoms with Crippen molar-refractivity contribution in [3.05, 3.63) is 33.9 Å². The number of carboxylic acids is 1. The van der Waals surface area contributed by atoms with Crippen LogP contribution in [0.3, 0.4) is 0 Å². The third-order valence-electron chi connectivity index (χ3n) is 6.55. The lowest BCUT2D eigenvalue weighted by atomic mass is 10.1. The Morgan fingerprint density at radius 1 is 1.31 bits per heavy atom. The van der Waals surface area contributed by atoms with Crippen molar-refractivity contribution in [1.82, 2.24) is 9.47 Å². The molecule has 1 N–H and O–H groups in total. The first-order valence-electron chi connectivity index (χ1n) is 10.1. The van der Waals surface area contributed by atoms with Crippen LogP contribution in [0.4, 0.5) is 10.1 Å². The number of likely N-dealkylation sites (N-methyl/N-ethyl adjacent to an activating group) is 1. The molecule has 1 saturated carbocycles. The van der Waals surface area contributed by atoms with Crippen molar-refractivity contribution in [2.75, 3.05) is 31.6 Å². The average Bonchev–Trinajstić information content (AvgIpc) is 3.42. The summed E-state index contributed by atoms with van der Waals surface area (Å²) in [6.45, 7) is 3.60. The number of aromatic nitrogens is 1. The largest absolute Gasteiger partial charge is 0.487 e. The molecule has 154 valence electrons. The molecule has 2 aliphatic heterocycles. The van der Waals surface area contributed by atoms with Gasteiger partial charge in [0, 0.05) is 31.4 Å². The van der Waals surface area contributed by atoms with Crippen LogP contribution >= 0.6 is 0 Å². The highest BCUT2D eigenvalue weighted by Crippen LogP contribution is 2.43. The lowest BCUT2D eigenvalue weighted by molar-refractivity contribution is 0.0694. The second-order valence-corrected chi connectivity index (χ2v) is 8.46. The number of aromatic carboxylic acids is 1. The number of anilines is 1. The standard InChI is InChI=1S/C21H24FN3O4/c1-11-10-29-20-17-14(19(26)15(21(27)28)9-25(11)17)7-16(22)18(20)24-6-5-13(8-24)23(2)12-3-4-12/h7,9,11-13H,3-6,8,10H2,1-2H3,(H,27,28)/t11-,13-/m0/s1. The Kier molecular flexibility index (Phi) is 4.10. The van der Waals surface area contributed by atoms with Gasteiger partial charge in [-0.2, -0.15) is 0 Å². The van der Waals surface area contributed by atoms with Gasteiger partial charge < -0.3 is 19.3 Å². The minimum atomic E-state index is -1.31. The second-order valence-electron chi connectivity index (χ2n) is 8.46. The van der Waals surface area contributed by atoms with E-state index in [2.05, 4.69) is 11.9 Å². The molecule has 0 unspecified atom stereocenters. The van der Waals surface area contributed by atoms with Gasteiger partial charge in [0.15, 0.2) is 11.6 Å². The van der Waals surface area contributed by atoms with Gasteiger partial charge in [-0.3, -0.25) is 9.69 Å². The van der Waals surface area contributed by atoms with Crippen molar-refractivity contribution in [2.24, 2.45) is 0 Å². The number of halogens is 1. The minimum absolute atomic E-state index is 0.0542. The van der Waals surface area contributed by atoms with E-state index in [1.54, 1.807) is 4.57 Å². The van der Waals surface area contributed by atoms with Crippen LogP contribution in [0, 0.1) is 5.82 Å². The smallest absolute Gasteiger partial charge is 0.341 e. The fourth-order valence-electron chi connectivity index (χ4n) is 4.72.